The van der Waals surface area contributed by atoms with E-state index in [1.54, 1.807) is 29.8 Å². The zero-order valence-corrected chi connectivity index (χ0v) is 17.1. The Hall–Kier alpha value is -2.18. The number of aromatic nitrogens is 1. The average Bonchev–Trinajstić information content (AvgIpc) is 3.19. The van der Waals surface area contributed by atoms with Crippen molar-refractivity contribution in [3.63, 3.8) is 0 Å². The van der Waals surface area contributed by atoms with Gasteiger partial charge in [0.2, 0.25) is 5.91 Å². The first-order valence-electron chi connectivity index (χ1n) is 9.10. The van der Waals surface area contributed by atoms with Crippen LogP contribution >= 0.6 is 22.7 Å². The molecule has 2 aromatic heterocycles. The minimum atomic E-state index is 0.0996. The summed E-state index contributed by atoms with van der Waals surface area (Å²) in [4.78, 5) is 21.0. The van der Waals surface area contributed by atoms with Crippen LogP contribution in [-0.4, -0.2) is 24.0 Å². The highest BCUT2D eigenvalue weighted by atomic mass is 32.1. The summed E-state index contributed by atoms with van der Waals surface area (Å²) in [6, 6.07) is 12.0. The Morgan fingerprint density at radius 3 is 2.67 bits per heavy atom. The van der Waals surface area contributed by atoms with Crippen LogP contribution in [0.1, 0.15) is 25.5 Å². The monoisotopic (exact) mass is 398 g/mol. The number of nitrogens with zero attached hydrogens (tertiary/aromatic N) is 2. The largest absolute Gasteiger partial charge is 0.497 e. The van der Waals surface area contributed by atoms with Crippen molar-refractivity contribution < 1.29 is 9.53 Å². The second kappa shape index (κ2) is 7.82. The molecule has 1 unspecified atom stereocenters. The molecule has 4 nitrogen and oxygen atoms in total. The number of amides is 1. The molecule has 1 saturated carbocycles. The summed E-state index contributed by atoms with van der Waals surface area (Å²) in [5.41, 5.74) is 1.77. The van der Waals surface area contributed by atoms with E-state index in [1.807, 2.05) is 46.0 Å². The third kappa shape index (κ3) is 4.06. The highest BCUT2D eigenvalue weighted by Gasteiger charge is 2.35. The van der Waals surface area contributed by atoms with Gasteiger partial charge in [-0.3, -0.25) is 4.79 Å². The molecule has 1 amide bonds. The van der Waals surface area contributed by atoms with Crippen molar-refractivity contribution in [2.45, 2.75) is 32.2 Å². The number of hydrogen-bond donors (Lipinski definition) is 0. The molecule has 0 bridgehead atoms. The van der Waals surface area contributed by atoms with Crippen molar-refractivity contribution in [1.29, 1.82) is 0 Å². The quantitative estimate of drug-likeness (QED) is 0.545. The summed E-state index contributed by atoms with van der Waals surface area (Å²) in [6.07, 6.45) is 2.71. The maximum absolute atomic E-state index is 13.2. The van der Waals surface area contributed by atoms with Crippen molar-refractivity contribution in [2.75, 3.05) is 12.0 Å². The maximum atomic E-state index is 13.2. The fourth-order valence-electron chi connectivity index (χ4n) is 3.28. The number of carbonyl (C=O) groups excluding carboxylic acids is 1. The van der Waals surface area contributed by atoms with Crippen molar-refractivity contribution in [2.24, 2.45) is 5.92 Å². The molecule has 1 aliphatic rings. The number of thiazole rings is 1. The predicted molar refractivity (Wildman–Crippen MR) is 112 cm³/mol. The number of anilines is 1. The Kier molecular flexibility index (Phi) is 5.27. The molecule has 1 atom stereocenters. The number of ether oxygens (including phenoxy) is 1. The van der Waals surface area contributed by atoms with E-state index in [0.717, 1.165) is 27.0 Å². The van der Waals surface area contributed by atoms with Crippen LogP contribution in [0.25, 0.3) is 9.88 Å². The summed E-state index contributed by atoms with van der Waals surface area (Å²) < 4.78 is 5.25. The number of benzene rings is 1. The normalized spacial score (nSPS) is 14.7. The van der Waals surface area contributed by atoms with Gasteiger partial charge in [-0.05, 0) is 61.4 Å². The van der Waals surface area contributed by atoms with E-state index in [-0.39, 0.29) is 11.9 Å². The summed E-state index contributed by atoms with van der Waals surface area (Å²) in [7, 11) is 1.65. The molecule has 0 saturated heterocycles. The second-order valence-corrected chi connectivity index (χ2v) is 8.64. The first-order chi connectivity index (χ1) is 13.2. The number of thiophene rings is 1. The summed E-state index contributed by atoms with van der Waals surface area (Å²) in [5, 5.41) is 5.03. The molecule has 6 heteroatoms. The SMILES string of the molecule is COc1ccc(N(C(=O)Cc2csc(-c3cccs3)n2)C(C)C2CC2)cc1. The molecule has 1 aliphatic carbocycles. The number of carbonyl (C=O) groups is 1. The van der Waals surface area contributed by atoms with Gasteiger partial charge < -0.3 is 9.64 Å². The first kappa shape index (κ1) is 18.2. The zero-order valence-electron chi connectivity index (χ0n) is 15.4. The van der Waals surface area contributed by atoms with Crippen LogP contribution in [0.5, 0.6) is 5.75 Å². The van der Waals surface area contributed by atoms with E-state index in [9.17, 15) is 4.79 Å². The molecule has 0 aliphatic heterocycles. The van der Waals surface area contributed by atoms with Crippen molar-refractivity contribution in [3.8, 4) is 15.6 Å². The average molecular weight is 399 g/mol. The van der Waals surface area contributed by atoms with Crippen LogP contribution in [0.4, 0.5) is 5.69 Å². The van der Waals surface area contributed by atoms with Gasteiger partial charge in [0.15, 0.2) is 0 Å². The highest BCUT2D eigenvalue weighted by molar-refractivity contribution is 7.20. The lowest BCUT2D eigenvalue weighted by atomic mass is 10.1. The van der Waals surface area contributed by atoms with Gasteiger partial charge in [-0.15, -0.1) is 22.7 Å². The molecule has 2 heterocycles. The molecule has 0 radical (unpaired) electrons. The molecule has 0 spiro atoms. The smallest absolute Gasteiger partial charge is 0.233 e. The fourth-order valence-corrected chi connectivity index (χ4v) is 4.91. The van der Waals surface area contributed by atoms with E-state index < -0.39 is 0 Å². The molecule has 1 aromatic carbocycles. The topological polar surface area (TPSA) is 42.4 Å². The lowest BCUT2D eigenvalue weighted by Crippen LogP contribution is -2.41. The van der Waals surface area contributed by atoms with Crippen LogP contribution in [-0.2, 0) is 11.2 Å². The molecular formula is C21H22N2O2S2. The van der Waals surface area contributed by atoms with Gasteiger partial charge in [0, 0.05) is 17.1 Å². The third-order valence-corrected chi connectivity index (χ3v) is 6.88. The first-order valence-corrected chi connectivity index (χ1v) is 10.9. The van der Waals surface area contributed by atoms with Crippen LogP contribution in [0, 0.1) is 5.92 Å². The van der Waals surface area contributed by atoms with Gasteiger partial charge in [0.1, 0.15) is 10.8 Å². The molecule has 0 N–H and O–H groups in total. The van der Waals surface area contributed by atoms with Gasteiger partial charge >= 0.3 is 0 Å². The Morgan fingerprint density at radius 1 is 1.26 bits per heavy atom. The number of methoxy groups -OCH3 is 1. The highest BCUT2D eigenvalue weighted by Crippen LogP contribution is 2.37. The lowest BCUT2D eigenvalue weighted by Gasteiger charge is -2.29. The van der Waals surface area contributed by atoms with Crippen LogP contribution in [0.15, 0.2) is 47.2 Å². The van der Waals surface area contributed by atoms with Gasteiger partial charge in [-0.2, -0.15) is 0 Å². The van der Waals surface area contributed by atoms with Crippen LogP contribution in [0.3, 0.4) is 0 Å². The van der Waals surface area contributed by atoms with E-state index in [0.29, 0.717) is 12.3 Å². The van der Waals surface area contributed by atoms with Crippen LogP contribution in [0.2, 0.25) is 0 Å². The van der Waals surface area contributed by atoms with Gasteiger partial charge in [0.05, 0.1) is 24.1 Å². The van der Waals surface area contributed by atoms with Crippen molar-refractivity contribution in [3.05, 3.63) is 52.9 Å². The molecule has 4 rings (SSSR count). The summed E-state index contributed by atoms with van der Waals surface area (Å²) in [5.74, 6) is 1.49. The molecular weight excluding hydrogens is 376 g/mol. The van der Waals surface area contributed by atoms with E-state index >= 15 is 0 Å². The lowest BCUT2D eigenvalue weighted by molar-refractivity contribution is -0.118. The predicted octanol–water partition coefficient (Wildman–Crippen LogP) is 5.25. The third-order valence-electron chi connectivity index (χ3n) is 4.95. The Balaban J connectivity index is 1.55. The fraction of sp³-hybridized carbons (Fsp3) is 0.333. The zero-order chi connectivity index (χ0) is 18.8. The Labute approximate surface area is 167 Å². The van der Waals surface area contributed by atoms with Crippen molar-refractivity contribution >= 4 is 34.3 Å². The minimum Gasteiger partial charge on any atom is -0.497 e. The van der Waals surface area contributed by atoms with Gasteiger partial charge in [-0.25, -0.2) is 4.98 Å². The molecule has 140 valence electrons. The van der Waals surface area contributed by atoms with Gasteiger partial charge in [0.25, 0.3) is 0 Å². The van der Waals surface area contributed by atoms with E-state index in [1.165, 1.54) is 12.8 Å². The summed E-state index contributed by atoms with van der Waals surface area (Å²) in [6.45, 7) is 2.15. The molecule has 27 heavy (non-hydrogen) atoms. The number of hydrogen-bond acceptors (Lipinski definition) is 5. The standard InChI is InChI=1S/C21H22N2O2S2/c1-14(15-5-6-15)23(17-7-9-18(25-2)10-8-17)20(24)12-16-13-27-21(22-16)19-4-3-11-26-19/h3-4,7-11,13-15H,5-6,12H2,1-2H3. The van der Waals surface area contributed by atoms with E-state index in [4.69, 9.17) is 4.74 Å². The van der Waals surface area contributed by atoms with Crippen LogP contribution < -0.4 is 9.64 Å². The van der Waals surface area contributed by atoms with E-state index in [2.05, 4.69) is 18.0 Å². The molecule has 1 fully saturated rings. The second-order valence-electron chi connectivity index (χ2n) is 6.84. The maximum Gasteiger partial charge on any atom is 0.233 e. The minimum absolute atomic E-state index is 0.0996. The molecule has 3 aromatic rings. The van der Waals surface area contributed by atoms with Gasteiger partial charge in [-0.1, -0.05) is 6.07 Å². The number of rotatable bonds is 7. The van der Waals surface area contributed by atoms with Crippen molar-refractivity contribution in [1.82, 2.24) is 4.98 Å². The summed E-state index contributed by atoms with van der Waals surface area (Å²) >= 11 is 3.27. The Bertz CT molecular complexity index is 899. The Morgan fingerprint density at radius 2 is 2.04 bits per heavy atom.